The predicted octanol–water partition coefficient (Wildman–Crippen LogP) is 3.55. The van der Waals surface area contributed by atoms with E-state index in [-0.39, 0.29) is 23.6 Å². The molecule has 3 fully saturated rings. The van der Waals surface area contributed by atoms with Crippen LogP contribution in [-0.4, -0.2) is 43.3 Å². The van der Waals surface area contributed by atoms with Gasteiger partial charge in [0, 0.05) is 12.6 Å². The van der Waals surface area contributed by atoms with E-state index in [4.69, 9.17) is 0 Å². The Balaban J connectivity index is 1.44. The number of ether oxygens (including phenoxy) is 1. The van der Waals surface area contributed by atoms with Gasteiger partial charge in [0.15, 0.2) is 0 Å². The summed E-state index contributed by atoms with van der Waals surface area (Å²) in [6.45, 7) is 1.59. The smallest absolute Gasteiger partial charge is 0.406 e. The zero-order valence-electron chi connectivity index (χ0n) is 18.7. The third-order valence-corrected chi connectivity index (χ3v) is 7.15. The number of halogens is 3. The van der Waals surface area contributed by atoms with E-state index in [0.717, 1.165) is 45.2 Å². The second-order valence-corrected chi connectivity index (χ2v) is 9.62. The maximum atomic E-state index is 13.3. The van der Waals surface area contributed by atoms with E-state index in [1.165, 1.54) is 30.7 Å². The van der Waals surface area contributed by atoms with Crippen molar-refractivity contribution in [2.24, 2.45) is 5.92 Å². The second-order valence-electron chi connectivity index (χ2n) is 9.62. The first-order chi connectivity index (χ1) is 15.7. The van der Waals surface area contributed by atoms with Crippen molar-refractivity contribution in [3.8, 4) is 5.75 Å². The molecule has 1 heterocycles. The monoisotopic (exact) mass is 467 g/mol. The topological polar surface area (TPSA) is 79.5 Å². The van der Waals surface area contributed by atoms with Crippen LogP contribution in [0.3, 0.4) is 0 Å². The lowest BCUT2D eigenvalue weighted by atomic mass is 9.84. The first-order valence-electron chi connectivity index (χ1n) is 11.9. The Morgan fingerprint density at radius 3 is 2.36 bits per heavy atom. The van der Waals surface area contributed by atoms with Crippen molar-refractivity contribution in [3.05, 3.63) is 29.8 Å². The summed E-state index contributed by atoms with van der Waals surface area (Å²) in [6, 6.07) is 4.94. The van der Waals surface area contributed by atoms with Crippen LogP contribution in [0, 0.1) is 5.92 Å². The third kappa shape index (κ3) is 6.19. The van der Waals surface area contributed by atoms with Gasteiger partial charge in [-0.15, -0.1) is 13.2 Å². The summed E-state index contributed by atoms with van der Waals surface area (Å²) < 4.78 is 41.3. The van der Waals surface area contributed by atoms with Crippen molar-refractivity contribution in [3.63, 3.8) is 0 Å². The molecule has 3 N–H and O–H groups in total. The average molecular weight is 468 g/mol. The number of carbonyl (C=O) groups excluding carboxylic acids is 2. The van der Waals surface area contributed by atoms with Crippen molar-refractivity contribution in [2.45, 2.75) is 81.6 Å². The van der Waals surface area contributed by atoms with Crippen LogP contribution in [0.5, 0.6) is 5.75 Å². The molecule has 9 heteroatoms. The molecule has 0 spiro atoms. The summed E-state index contributed by atoms with van der Waals surface area (Å²) in [6.07, 6.45) is 3.57. The Bertz CT molecular complexity index is 828. The predicted molar refractivity (Wildman–Crippen MR) is 117 cm³/mol. The molecule has 1 saturated heterocycles. The molecule has 2 saturated carbocycles. The van der Waals surface area contributed by atoms with E-state index >= 15 is 0 Å². The van der Waals surface area contributed by atoms with E-state index < -0.39 is 17.8 Å². The zero-order chi connectivity index (χ0) is 23.5. The molecule has 0 unspecified atom stereocenters. The average Bonchev–Trinajstić information content (AvgIpc) is 3.43. The van der Waals surface area contributed by atoms with Crippen molar-refractivity contribution >= 4 is 11.8 Å². The minimum absolute atomic E-state index is 0.0688. The zero-order valence-corrected chi connectivity index (χ0v) is 18.7. The number of nitrogens with one attached hydrogen (secondary N) is 3. The largest absolute Gasteiger partial charge is 0.573 e. The quantitative estimate of drug-likeness (QED) is 0.546. The molecule has 182 valence electrons. The molecular formula is C24H32F3N3O3. The number of amides is 2. The van der Waals surface area contributed by atoms with Gasteiger partial charge in [-0.2, -0.15) is 0 Å². The number of carbonyl (C=O) groups is 2. The lowest BCUT2D eigenvalue weighted by Crippen LogP contribution is -2.53. The SMILES string of the molecule is O=C(N[C@H]1CCNC1)[C@H](CC1CCCCC1)NC(=O)C1(c2ccc(OC(F)(F)F)cc2)CC1. The van der Waals surface area contributed by atoms with Crippen LogP contribution in [0.2, 0.25) is 0 Å². The normalized spacial score (nSPS) is 23.5. The summed E-state index contributed by atoms with van der Waals surface area (Å²) in [5.41, 5.74) is -0.150. The highest BCUT2D eigenvalue weighted by Crippen LogP contribution is 2.49. The van der Waals surface area contributed by atoms with Crippen molar-refractivity contribution in [1.29, 1.82) is 0 Å². The van der Waals surface area contributed by atoms with Gasteiger partial charge in [-0.1, -0.05) is 44.2 Å². The minimum Gasteiger partial charge on any atom is -0.406 e. The third-order valence-electron chi connectivity index (χ3n) is 7.15. The van der Waals surface area contributed by atoms with Crippen LogP contribution in [0.15, 0.2) is 24.3 Å². The van der Waals surface area contributed by atoms with Crippen molar-refractivity contribution in [1.82, 2.24) is 16.0 Å². The van der Waals surface area contributed by atoms with Gasteiger partial charge < -0.3 is 20.7 Å². The summed E-state index contributed by atoms with van der Waals surface area (Å²) in [5, 5.41) is 9.32. The van der Waals surface area contributed by atoms with Gasteiger partial charge in [-0.05, 0) is 55.8 Å². The summed E-state index contributed by atoms with van der Waals surface area (Å²) >= 11 is 0. The number of alkyl halides is 3. The number of rotatable bonds is 8. The first kappa shape index (κ1) is 23.9. The summed E-state index contributed by atoms with van der Waals surface area (Å²) in [7, 11) is 0. The highest BCUT2D eigenvalue weighted by molar-refractivity contribution is 5.95. The van der Waals surface area contributed by atoms with Gasteiger partial charge >= 0.3 is 6.36 Å². The van der Waals surface area contributed by atoms with Crippen LogP contribution in [0.4, 0.5) is 13.2 Å². The number of hydrogen-bond donors (Lipinski definition) is 3. The van der Waals surface area contributed by atoms with Crippen molar-refractivity contribution < 1.29 is 27.5 Å². The summed E-state index contributed by atoms with van der Waals surface area (Å²) in [4.78, 5) is 26.4. The Hall–Kier alpha value is -2.29. The molecule has 0 radical (unpaired) electrons. The minimum atomic E-state index is -4.76. The molecule has 0 bridgehead atoms. The summed E-state index contributed by atoms with van der Waals surface area (Å²) in [5.74, 6) is -0.285. The molecule has 1 aromatic rings. The fourth-order valence-electron chi connectivity index (χ4n) is 5.11. The Labute approximate surface area is 192 Å². The van der Waals surface area contributed by atoms with Gasteiger partial charge in [0.1, 0.15) is 11.8 Å². The van der Waals surface area contributed by atoms with Crippen molar-refractivity contribution in [2.75, 3.05) is 13.1 Å². The fourth-order valence-corrected chi connectivity index (χ4v) is 5.11. The molecule has 6 nitrogen and oxygen atoms in total. The van der Waals surface area contributed by atoms with Crippen LogP contribution in [-0.2, 0) is 15.0 Å². The number of benzene rings is 1. The lowest BCUT2D eigenvalue weighted by molar-refractivity contribution is -0.274. The van der Waals surface area contributed by atoms with E-state index in [1.54, 1.807) is 0 Å². The van der Waals surface area contributed by atoms with E-state index in [2.05, 4.69) is 20.7 Å². The Morgan fingerprint density at radius 2 is 1.79 bits per heavy atom. The van der Waals surface area contributed by atoms with E-state index in [0.29, 0.717) is 30.7 Å². The number of hydrogen-bond acceptors (Lipinski definition) is 4. The standard InChI is InChI=1S/C24H32F3N3O3/c25-24(26,27)33-19-8-6-17(7-9-19)23(11-12-23)22(32)30-20(14-16-4-2-1-3-5-16)21(31)29-18-10-13-28-15-18/h6-9,16,18,20,28H,1-5,10-15H2,(H,29,31)(H,30,32)/t18-,20-/m0/s1. The Morgan fingerprint density at radius 1 is 1.09 bits per heavy atom. The van der Waals surface area contributed by atoms with E-state index in [1.807, 2.05) is 0 Å². The molecule has 2 amide bonds. The highest BCUT2D eigenvalue weighted by Gasteiger charge is 2.52. The van der Waals surface area contributed by atoms with Crippen LogP contribution in [0.25, 0.3) is 0 Å². The maximum Gasteiger partial charge on any atom is 0.573 e. The van der Waals surface area contributed by atoms with Gasteiger partial charge in [-0.25, -0.2) is 0 Å². The van der Waals surface area contributed by atoms with Gasteiger partial charge in [0.2, 0.25) is 11.8 Å². The lowest BCUT2D eigenvalue weighted by Gasteiger charge is -2.29. The molecule has 1 aliphatic heterocycles. The second kappa shape index (κ2) is 9.91. The first-order valence-corrected chi connectivity index (χ1v) is 11.9. The molecule has 0 aromatic heterocycles. The molecule has 33 heavy (non-hydrogen) atoms. The highest BCUT2D eigenvalue weighted by atomic mass is 19.4. The van der Waals surface area contributed by atoms with Gasteiger partial charge in [0.05, 0.1) is 5.41 Å². The van der Waals surface area contributed by atoms with Gasteiger partial charge in [0.25, 0.3) is 0 Å². The van der Waals surface area contributed by atoms with Crippen LogP contribution < -0.4 is 20.7 Å². The molecule has 2 atom stereocenters. The molecule has 4 rings (SSSR count). The molecule has 3 aliphatic rings. The van der Waals surface area contributed by atoms with E-state index in [9.17, 15) is 22.8 Å². The fraction of sp³-hybridized carbons (Fsp3) is 0.667. The van der Waals surface area contributed by atoms with Crippen LogP contribution in [0.1, 0.15) is 63.4 Å². The molecule has 1 aromatic carbocycles. The Kier molecular flexibility index (Phi) is 7.16. The maximum absolute atomic E-state index is 13.3. The van der Waals surface area contributed by atoms with Gasteiger partial charge in [-0.3, -0.25) is 9.59 Å². The van der Waals surface area contributed by atoms with Crippen LogP contribution >= 0.6 is 0 Å². The molecular weight excluding hydrogens is 435 g/mol. The molecule has 2 aliphatic carbocycles.